The maximum atomic E-state index is 8.58. The molecule has 0 saturated carbocycles. The minimum atomic E-state index is 0. The first kappa shape index (κ1) is 8.84. The molecule has 0 rings (SSSR count). The number of rotatable bonds is 0. The van der Waals surface area contributed by atoms with Gasteiger partial charge in [0.1, 0.15) is 0 Å². The van der Waals surface area contributed by atoms with Crippen LogP contribution in [0.4, 0.5) is 0 Å². The van der Waals surface area contributed by atoms with Crippen LogP contribution in [0.15, 0.2) is 0 Å². The average Bonchev–Trinajstić information content (AvgIpc) is 0.918. The van der Waals surface area contributed by atoms with Gasteiger partial charge in [0.25, 0.3) is 0 Å². The molecule has 0 aromatic carbocycles. The summed E-state index contributed by atoms with van der Waals surface area (Å²) in [6.07, 6.45) is 0.250. The summed E-state index contributed by atoms with van der Waals surface area (Å²) in [7, 11) is 0. The molecule has 2 nitrogen and oxygen atoms in total. The molecule has 0 saturated heterocycles. The largest absolute Gasteiger partial charge is 0.372 e. The number of hydrogen-bond donors (Lipinski definition) is 1. The van der Waals surface area contributed by atoms with Gasteiger partial charge < -0.3 is 5.73 Å². The van der Waals surface area contributed by atoms with E-state index >= 15 is 0 Å². The molecule has 0 aliphatic heterocycles. The zero-order valence-corrected chi connectivity index (χ0v) is 4.52. The molecule has 3 heteroatoms. The number of amides is 1. The Balaban J connectivity index is 0. The maximum absolute atomic E-state index is 8.58. The van der Waals surface area contributed by atoms with Crippen molar-refractivity contribution in [2.75, 3.05) is 0 Å². The average molecular weight is 136 g/mol. The van der Waals surface area contributed by atoms with E-state index in [-0.39, 0.29) is 32.6 Å². The summed E-state index contributed by atoms with van der Waals surface area (Å²) in [5.74, 6) is 0. The Bertz CT molecular complexity index is 15.5. The van der Waals surface area contributed by atoms with Crippen LogP contribution in [0.2, 0.25) is 0 Å². The van der Waals surface area contributed by atoms with Gasteiger partial charge >= 0.3 is 0 Å². The van der Waals surface area contributed by atoms with E-state index in [4.69, 9.17) is 4.79 Å². The van der Waals surface area contributed by atoms with Crippen molar-refractivity contribution in [1.29, 1.82) is 0 Å². The van der Waals surface area contributed by atoms with Gasteiger partial charge in [0.05, 0.1) is 0 Å². The van der Waals surface area contributed by atoms with Gasteiger partial charge in [-0.15, -0.1) is 0 Å². The molecule has 1 amide bonds. The molecule has 0 aromatic rings. The Morgan fingerprint density at radius 1 is 1.75 bits per heavy atom. The van der Waals surface area contributed by atoms with E-state index in [1.807, 2.05) is 0 Å². The zero-order chi connectivity index (χ0) is 2.71. The van der Waals surface area contributed by atoms with Crippen LogP contribution >= 0.6 is 0 Å². The quantitative estimate of drug-likeness (QED) is 0.431. The third-order valence-corrected chi connectivity index (χ3v) is 0. The zero-order valence-electron chi connectivity index (χ0n) is 2.06. The van der Waals surface area contributed by atoms with Crippen molar-refractivity contribution in [3.8, 4) is 0 Å². The molecule has 0 atom stereocenters. The third kappa shape index (κ3) is 34.6. The monoisotopic (exact) mass is 135 g/mol. The van der Waals surface area contributed by atoms with Gasteiger partial charge in [-0.2, -0.15) is 0 Å². The Morgan fingerprint density at radius 2 is 1.75 bits per heavy atom. The molecule has 0 bridgehead atoms. The summed E-state index contributed by atoms with van der Waals surface area (Å²) >= 11 is 0. The molecule has 0 unspecified atom stereocenters. The fourth-order valence-corrected chi connectivity index (χ4v) is 0. The fourth-order valence-electron chi connectivity index (χ4n) is 0. The van der Waals surface area contributed by atoms with Crippen molar-refractivity contribution in [1.82, 2.24) is 0 Å². The Kier molecular flexibility index (Phi) is 22.4. The molecule has 4 heavy (non-hydrogen) atoms. The van der Waals surface area contributed by atoms with Crippen LogP contribution in [0.1, 0.15) is 0 Å². The van der Waals surface area contributed by atoms with Crippen molar-refractivity contribution in [2.24, 2.45) is 5.73 Å². The number of carbonyl (C=O) groups is 1. The van der Waals surface area contributed by atoms with E-state index < -0.39 is 0 Å². The van der Waals surface area contributed by atoms with Crippen LogP contribution in [0.3, 0.4) is 0 Å². The topological polar surface area (TPSA) is 43.1 Å². The van der Waals surface area contributed by atoms with Gasteiger partial charge in [-0.3, -0.25) is 4.79 Å². The summed E-state index contributed by atoms with van der Waals surface area (Å²) in [6, 6.07) is 0. The molecule has 0 aliphatic rings. The fraction of sp³-hybridized carbons (Fsp3) is 0. The first-order chi connectivity index (χ1) is 1.41. The minimum absolute atomic E-state index is 0. The van der Waals surface area contributed by atoms with Crippen LogP contribution in [-0.4, -0.2) is 6.41 Å². The Labute approximate surface area is 43.5 Å². The van der Waals surface area contributed by atoms with E-state index in [0.717, 1.165) is 0 Å². The van der Waals surface area contributed by atoms with Gasteiger partial charge in [-0.05, 0) is 0 Å². The Hall–Kier alpha value is 0.353. The molecule has 0 radical (unpaired) electrons. The van der Waals surface area contributed by atoms with Crippen molar-refractivity contribution < 1.29 is 31.0 Å². The SMILES string of the molecule is NC=O.[Zr]. The molecule has 22 valence electrons. The standard InChI is InChI=1S/CH3NO.Zr/c2-1-3;/h1H,(H2,2,3);. The molecule has 0 aliphatic carbocycles. The normalized spacial score (nSPS) is 3.00. The summed E-state index contributed by atoms with van der Waals surface area (Å²) in [5, 5.41) is 0. The Morgan fingerprint density at radius 3 is 1.75 bits per heavy atom. The van der Waals surface area contributed by atoms with Crippen molar-refractivity contribution in [3.05, 3.63) is 0 Å². The number of carbonyl (C=O) groups excluding carboxylic acids is 1. The van der Waals surface area contributed by atoms with Crippen molar-refractivity contribution in [2.45, 2.75) is 0 Å². The molecule has 0 spiro atoms. The van der Waals surface area contributed by atoms with Gasteiger partial charge in [0.15, 0.2) is 0 Å². The predicted octanol–water partition coefficient (Wildman–Crippen LogP) is -0.901. The smallest absolute Gasteiger partial charge is 0.204 e. The molecule has 0 heterocycles. The van der Waals surface area contributed by atoms with Crippen LogP contribution in [-0.2, 0) is 31.0 Å². The third-order valence-electron chi connectivity index (χ3n) is 0. The van der Waals surface area contributed by atoms with Crippen LogP contribution in [0.5, 0.6) is 0 Å². The molecule has 0 aromatic heterocycles. The van der Waals surface area contributed by atoms with E-state index in [1.165, 1.54) is 0 Å². The molecular formula is CH3NOZr. The van der Waals surface area contributed by atoms with Crippen LogP contribution < -0.4 is 5.73 Å². The van der Waals surface area contributed by atoms with E-state index in [0.29, 0.717) is 0 Å². The molecule has 0 fully saturated rings. The van der Waals surface area contributed by atoms with Crippen LogP contribution in [0, 0.1) is 0 Å². The van der Waals surface area contributed by atoms with Crippen LogP contribution in [0.25, 0.3) is 0 Å². The maximum Gasteiger partial charge on any atom is 0.204 e. The van der Waals surface area contributed by atoms with Gasteiger partial charge in [-0.1, -0.05) is 0 Å². The second-order valence-corrected chi connectivity index (χ2v) is 0.136. The molecular weight excluding hydrogens is 133 g/mol. The van der Waals surface area contributed by atoms with E-state index in [9.17, 15) is 0 Å². The second kappa shape index (κ2) is 10.1. The van der Waals surface area contributed by atoms with Gasteiger partial charge in [-0.25, -0.2) is 0 Å². The van der Waals surface area contributed by atoms with Gasteiger partial charge in [0, 0.05) is 26.2 Å². The van der Waals surface area contributed by atoms with E-state index in [1.54, 1.807) is 0 Å². The first-order valence-corrected chi connectivity index (χ1v) is 0.569. The summed E-state index contributed by atoms with van der Waals surface area (Å²) < 4.78 is 0. The summed E-state index contributed by atoms with van der Waals surface area (Å²) in [5.41, 5.74) is 4.17. The van der Waals surface area contributed by atoms with Crippen molar-refractivity contribution in [3.63, 3.8) is 0 Å². The number of nitrogens with two attached hydrogens (primary N) is 1. The minimum Gasteiger partial charge on any atom is -0.372 e. The molecule has 2 N–H and O–H groups in total. The van der Waals surface area contributed by atoms with Gasteiger partial charge in [0.2, 0.25) is 6.41 Å². The predicted molar refractivity (Wildman–Crippen MR) is 10.3 cm³/mol. The number of primary amides is 1. The van der Waals surface area contributed by atoms with E-state index in [2.05, 4.69) is 5.73 Å². The second-order valence-electron chi connectivity index (χ2n) is 0.136. The summed E-state index contributed by atoms with van der Waals surface area (Å²) in [4.78, 5) is 8.58. The summed E-state index contributed by atoms with van der Waals surface area (Å²) in [6.45, 7) is 0. The first-order valence-electron chi connectivity index (χ1n) is 0.569. The number of hydrogen-bond acceptors (Lipinski definition) is 1. The van der Waals surface area contributed by atoms with Crippen molar-refractivity contribution >= 4 is 6.41 Å².